The van der Waals surface area contributed by atoms with E-state index in [2.05, 4.69) is 19.2 Å². The van der Waals surface area contributed by atoms with Crippen molar-refractivity contribution in [2.45, 2.75) is 26.2 Å². The van der Waals surface area contributed by atoms with Crippen molar-refractivity contribution in [3.8, 4) is 11.5 Å². The molecule has 0 aromatic heterocycles. The first kappa shape index (κ1) is 16.4. The average Bonchev–Trinajstić information content (AvgIpc) is 2.60. The van der Waals surface area contributed by atoms with Gasteiger partial charge in [-0.15, -0.1) is 0 Å². The Balaban J connectivity index is 1.72. The number of aryl methyl sites for hydroxylation is 1. The molecule has 0 radical (unpaired) electrons. The van der Waals surface area contributed by atoms with Crippen molar-refractivity contribution in [3.63, 3.8) is 0 Å². The maximum atomic E-state index is 12.4. The first-order valence-corrected chi connectivity index (χ1v) is 8.21. The second-order valence-electron chi connectivity index (χ2n) is 6.74. The summed E-state index contributed by atoms with van der Waals surface area (Å²) in [6.07, 6.45) is 0. The molecule has 0 bridgehead atoms. The molecule has 1 amide bonds. The second-order valence-corrected chi connectivity index (χ2v) is 6.74. The highest BCUT2D eigenvalue weighted by Gasteiger charge is 2.24. The maximum Gasteiger partial charge on any atom is 0.251 e. The van der Waals surface area contributed by atoms with E-state index in [9.17, 15) is 4.79 Å². The van der Waals surface area contributed by atoms with Crippen molar-refractivity contribution in [2.24, 2.45) is 0 Å². The van der Waals surface area contributed by atoms with Gasteiger partial charge in [-0.1, -0.05) is 38.1 Å². The number of fused-ring (bicyclic) bond motifs is 1. The van der Waals surface area contributed by atoms with Crippen LogP contribution in [0.3, 0.4) is 0 Å². The second kappa shape index (κ2) is 6.56. The molecular weight excluding hydrogens is 302 g/mol. The Morgan fingerprint density at radius 2 is 1.79 bits per heavy atom. The van der Waals surface area contributed by atoms with Crippen molar-refractivity contribution in [3.05, 3.63) is 59.2 Å². The number of nitrogens with one attached hydrogen (secondary N) is 1. The zero-order valence-corrected chi connectivity index (χ0v) is 14.4. The molecule has 0 saturated carbocycles. The monoisotopic (exact) mass is 325 g/mol. The summed E-state index contributed by atoms with van der Waals surface area (Å²) < 4.78 is 11.2. The Labute approximate surface area is 142 Å². The highest BCUT2D eigenvalue weighted by atomic mass is 16.6. The lowest BCUT2D eigenvalue weighted by Gasteiger charge is -2.28. The summed E-state index contributed by atoms with van der Waals surface area (Å²) in [5.74, 6) is 1.51. The van der Waals surface area contributed by atoms with Gasteiger partial charge < -0.3 is 14.8 Å². The van der Waals surface area contributed by atoms with Gasteiger partial charge in [0.15, 0.2) is 11.5 Å². The Hall–Kier alpha value is -2.49. The minimum Gasteiger partial charge on any atom is -0.486 e. The molecular formula is C20H23NO3. The van der Waals surface area contributed by atoms with Gasteiger partial charge in [-0.05, 0) is 36.2 Å². The number of hydrogen-bond donors (Lipinski definition) is 1. The fourth-order valence-electron chi connectivity index (χ4n) is 2.79. The van der Waals surface area contributed by atoms with E-state index in [0.29, 0.717) is 19.8 Å². The molecule has 0 aliphatic carbocycles. The topological polar surface area (TPSA) is 47.6 Å². The molecule has 1 heterocycles. The normalized spacial score (nSPS) is 13.5. The van der Waals surface area contributed by atoms with Crippen LogP contribution in [0.5, 0.6) is 11.5 Å². The first-order chi connectivity index (χ1) is 11.5. The van der Waals surface area contributed by atoms with Crippen LogP contribution in [0.4, 0.5) is 0 Å². The van der Waals surface area contributed by atoms with E-state index in [-0.39, 0.29) is 11.3 Å². The number of amides is 1. The van der Waals surface area contributed by atoms with Gasteiger partial charge in [0.05, 0.1) is 0 Å². The van der Waals surface area contributed by atoms with E-state index in [1.807, 2.05) is 49.4 Å². The highest BCUT2D eigenvalue weighted by Crippen LogP contribution is 2.34. The van der Waals surface area contributed by atoms with Crippen LogP contribution >= 0.6 is 0 Å². The number of carbonyl (C=O) groups is 1. The van der Waals surface area contributed by atoms with Crippen LogP contribution in [-0.2, 0) is 5.41 Å². The SMILES string of the molecule is Cc1ccccc1C(=O)NCC(C)(C)c1ccc2c(c1)OCCO2. The predicted molar refractivity (Wildman–Crippen MR) is 94.0 cm³/mol. The number of rotatable bonds is 4. The third-order valence-corrected chi connectivity index (χ3v) is 4.40. The maximum absolute atomic E-state index is 12.4. The lowest BCUT2D eigenvalue weighted by atomic mass is 9.84. The van der Waals surface area contributed by atoms with E-state index in [1.165, 1.54) is 0 Å². The molecule has 0 saturated heterocycles. The molecule has 4 heteroatoms. The van der Waals surface area contributed by atoms with Crippen LogP contribution in [0.2, 0.25) is 0 Å². The smallest absolute Gasteiger partial charge is 0.251 e. The largest absolute Gasteiger partial charge is 0.486 e. The summed E-state index contributed by atoms with van der Waals surface area (Å²) in [4.78, 5) is 12.4. The van der Waals surface area contributed by atoms with Crippen LogP contribution < -0.4 is 14.8 Å². The number of carbonyl (C=O) groups excluding carboxylic acids is 1. The van der Waals surface area contributed by atoms with Crippen LogP contribution in [0.25, 0.3) is 0 Å². The van der Waals surface area contributed by atoms with E-state index in [0.717, 1.165) is 28.2 Å². The number of benzene rings is 2. The molecule has 24 heavy (non-hydrogen) atoms. The molecule has 0 unspecified atom stereocenters. The minimum atomic E-state index is -0.214. The first-order valence-electron chi connectivity index (χ1n) is 8.21. The summed E-state index contributed by atoms with van der Waals surface area (Å²) in [6.45, 7) is 7.86. The zero-order chi connectivity index (χ0) is 17.2. The molecule has 4 nitrogen and oxygen atoms in total. The fraction of sp³-hybridized carbons (Fsp3) is 0.350. The van der Waals surface area contributed by atoms with E-state index < -0.39 is 0 Å². The summed E-state index contributed by atoms with van der Waals surface area (Å²) >= 11 is 0. The molecule has 1 aliphatic heterocycles. The Morgan fingerprint density at radius 1 is 1.08 bits per heavy atom. The van der Waals surface area contributed by atoms with Crippen molar-refractivity contribution in [1.82, 2.24) is 5.32 Å². The van der Waals surface area contributed by atoms with Gasteiger partial charge in [0.2, 0.25) is 0 Å². The molecule has 1 aliphatic rings. The van der Waals surface area contributed by atoms with E-state index >= 15 is 0 Å². The third-order valence-electron chi connectivity index (χ3n) is 4.40. The molecule has 126 valence electrons. The summed E-state index contributed by atoms with van der Waals surface area (Å²) in [5, 5.41) is 3.05. The average molecular weight is 325 g/mol. The van der Waals surface area contributed by atoms with E-state index in [1.54, 1.807) is 0 Å². The Bertz CT molecular complexity index is 752. The molecule has 2 aromatic carbocycles. The van der Waals surface area contributed by atoms with Gasteiger partial charge in [0.25, 0.3) is 5.91 Å². The molecule has 2 aromatic rings. The number of hydrogen-bond acceptors (Lipinski definition) is 3. The van der Waals surface area contributed by atoms with Crippen molar-refractivity contribution in [2.75, 3.05) is 19.8 Å². The number of ether oxygens (including phenoxy) is 2. The van der Waals surface area contributed by atoms with Gasteiger partial charge in [-0.2, -0.15) is 0 Å². The minimum absolute atomic E-state index is 0.0429. The Kier molecular flexibility index (Phi) is 4.47. The van der Waals surface area contributed by atoms with Crippen LogP contribution in [-0.4, -0.2) is 25.7 Å². The molecule has 1 N–H and O–H groups in total. The zero-order valence-electron chi connectivity index (χ0n) is 14.4. The van der Waals surface area contributed by atoms with Gasteiger partial charge in [-0.25, -0.2) is 0 Å². The molecule has 3 rings (SSSR count). The predicted octanol–water partition coefficient (Wildman–Crippen LogP) is 3.47. The summed E-state index contributed by atoms with van der Waals surface area (Å²) in [7, 11) is 0. The van der Waals surface area contributed by atoms with Crippen LogP contribution in [0.1, 0.15) is 35.3 Å². The highest BCUT2D eigenvalue weighted by molar-refractivity contribution is 5.95. The lowest BCUT2D eigenvalue weighted by Crippen LogP contribution is -2.37. The van der Waals surface area contributed by atoms with E-state index in [4.69, 9.17) is 9.47 Å². The van der Waals surface area contributed by atoms with Crippen molar-refractivity contribution < 1.29 is 14.3 Å². The van der Waals surface area contributed by atoms with Crippen LogP contribution in [0, 0.1) is 6.92 Å². The van der Waals surface area contributed by atoms with Gasteiger partial charge in [0.1, 0.15) is 13.2 Å². The molecule has 0 atom stereocenters. The molecule has 0 fully saturated rings. The summed E-state index contributed by atoms with van der Waals surface area (Å²) in [5.41, 5.74) is 2.59. The van der Waals surface area contributed by atoms with Gasteiger partial charge >= 0.3 is 0 Å². The Morgan fingerprint density at radius 3 is 2.54 bits per heavy atom. The fourth-order valence-corrected chi connectivity index (χ4v) is 2.79. The third kappa shape index (κ3) is 3.37. The summed E-state index contributed by atoms with van der Waals surface area (Å²) in [6, 6.07) is 13.6. The molecule has 0 spiro atoms. The van der Waals surface area contributed by atoms with Crippen LogP contribution in [0.15, 0.2) is 42.5 Å². The standard InChI is InChI=1S/C20H23NO3/c1-14-6-4-5-7-16(14)19(22)21-13-20(2,3)15-8-9-17-18(12-15)24-11-10-23-17/h4-9,12H,10-11,13H2,1-3H3,(H,21,22). The van der Waals surface area contributed by atoms with Crippen molar-refractivity contribution >= 4 is 5.91 Å². The lowest BCUT2D eigenvalue weighted by molar-refractivity contribution is 0.0945. The van der Waals surface area contributed by atoms with Gasteiger partial charge in [0, 0.05) is 17.5 Å². The van der Waals surface area contributed by atoms with Crippen molar-refractivity contribution in [1.29, 1.82) is 0 Å². The quantitative estimate of drug-likeness (QED) is 0.936. The van der Waals surface area contributed by atoms with Gasteiger partial charge in [-0.3, -0.25) is 4.79 Å².